The predicted octanol–water partition coefficient (Wildman–Crippen LogP) is 2.22. The number of hydrogen-bond donors (Lipinski definition) is 1. The van der Waals surface area contributed by atoms with Crippen LogP contribution in [0, 0.1) is 0 Å². The molecule has 1 aromatic heterocycles. The third-order valence-electron chi connectivity index (χ3n) is 2.98. The van der Waals surface area contributed by atoms with Crippen molar-refractivity contribution < 1.29 is 0 Å². The van der Waals surface area contributed by atoms with Crippen LogP contribution in [0.4, 0.5) is 17.5 Å². The predicted molar refractivity (Wildman–Crippen MR) is 71.0 cm³/mol. The zero-order valence-corrected chi connectivity index (χ0v) is 10.1. The lowest BCUT2D eigenvalue weighted by atomic mass is 10.3. The van der Waals surface area contributed by atoms with Gasteiger partial charge in [0, 0.05) is 18.8 Å². The normalized spacial score (nSPS) is 14.8. The van der Waals surface area contributed by atoms with Crippen LogP contribution >= 0.6 is 0 Å². The van der Waals surface area contributed by atoms with Crippen LogP contribution in [0.15, 0.2) is 36.5 Å². The lowest BCUT2D eigenvalue weighted by molar-refractivity contribution is 0.852. The lowest BCUT2D eigenvalue weighted by Gasteiger charge is -2.14. The molecule has 0 saturated carbocycles. The van der Waals surface area contributed by atoms with E-state index < -0.39 is 0 Å². The Bertz CT molecular complexity index is 508. The molecule has 2 aromatic rings. The van der Waals surface area contributed by atoms with Crippen LogP contribution in [-0.4, -0.2) is 28.3 Å². The molecule has 0 atom stereocenters. The fraction of sp³-hybridized carbons (Fsp3) is 0.308. The third kappa shape index (κ3) is 2.40. The summed E-state index contributed by atoms with van der Waals surface area (Å²) in [6.45, 7) is 2.05. The van der Waals surface area contributed by atoms with Gasteiger partial charge < -0.3 is 10.2 Å². The van der Waals surface area contributed by atoms with E-state index in [-0.39, 0.29) is 0 Å². The molecule has 1 N–H and O–H groups in total. The summed E-state index contributed by atoms with van der Waals surface area (Å²) < 4.78 is 0. The van der Waals surface area contributed by atoms with Gasteiger partial charge in [-0.05, 0) is 25.0 Å². The molecule has 5 nitrogen and oxygen atoms in total. The summed E-state index contributed by atoms with van der Waals surface area (Å²) in [5.41, 5.74) is 1.00. The average Bonchev–Trinajstić information content (AvgIpc) is 2.94. The SMILES string of the molecule is c1ccc(Nc2cnnc(N3CCCC3)n2)cc1. The Morgan fingerprint density at radius 2 is 1.83 bits per heavy atom. The number of rotatable bonds is 3. The minimum absolute atomic E-state index is 0.716. The van der Waals surface area contributed by atoms with Gasteiger partial charge in [-0.3, -0.25) is 0 Å². The van der Waals surface area contributed by atoms with Gasteiger partial charge in [-0.2, -0.15) is 10.1 Å². The highest BCUT2D eigenvalue weighted by molar-refractivity contribution is 5.55. The number of nitrogens with one attached hydrogen (secondary N) is 1. The number of para-hydroxylation sites is 1. The minimum atomic E-state index is 0.716. The average molecular weight is 241 g/mol. The van der Waals surface area contributed by atoms with E-state index >= 15 is 0 Å². The van der Waals surface area contributed by atoms with Gasteiger partial charge in [0.15, 0.2) is 5.82 Å². The highest BCUT2D eigenvalue weighted by Crippen LogP contribution is 2.18. The van der Waals surface area contributed by atoms with Crippen LogP contribution < -0.4 is 10.2 Å². The molecule has 0 radical (unpaired) electrons. The molecule has 0 bridgehead atoms. The number of hydrogen-bond acceptors (Lipinski definition) is 5. The Labute approximate surface area is 106 Å². The highest BCUT2D eigenvalue weighted by atomic mass is 15.3. The molecule has 1 saturated heterocycles. The Kier molecular flexibility index (Phi) is 3.04. The van der Waals surface area contributed by atoms with Crippen molar-refractivity contribution in [2.75, 3.05) is 23.3 Å². The molecule has 1 aliphatic heterocycles. The summed E-state index contributed by atoms with van der Waals surface area (Å²) in [5.74, 6) is 1.45. The summed E-state index contributed by atoms with van der Waals surface area (Å²) in [7, 11) is 0. The Morgan fingerprint density at radius 1 is 1.06 bits per heavy atom. The molecular weight excluding hydrogens is 226 g/mol. The second-order valence-electron chi connectivity index (χ2n) is 4.33. The molecule has 1 aromatic carbocycles. The summed E-state index contributed by atoms with van der Waals surface area (Å²) in [4.78, 5) is 6.66. The first kappa shape index (κ1) is 11.0. The second kappa shape index (κ2) is 5.00. The lowest BCUT2D eigenvalue weighted by Crippen LogP contribution is -2.21. The molecular formula is C13H15N5. The fourth-order valence-electron chi connectivity index (χ4n) is 2.07. The maximum Gasteiger partial charge on any atom is 0.247 e. The van der Waals surface area contributed by atoms with Gasteiger partial charge in [0.2, 0.25) is 5.95 Å². The molecule has 3 rings (SSSR count). The fourth-order valence-corrected chi connectivity index (χ4v) is 2.07. The Hall–Kier alpha value is -2.17. The minimum Gasteiger partial charge on any atom is -0.339 e. The molecule has 0 unspecified atom stereocenters. The van der Waals surface area contributed by atoms with E-state index in [1.807, 2.05) is 30.3 Å². The van der Waals surface area contributed by atoms with Crippen LogP contribution in [0.3, 0.4) is 0 Å². The highest BCUT2D eigenvalue weighted by Gasteiger charge is 2.15. The van der Waals surface area contributed by atoms with Crippen LogP contribution in [0.5, 0.6) is 0 Å². The molecule has 1 aliphatic rings. The van der Waals surface area contributed by atoms with E-state index in [9.17, 15) is 0 Å². The summed E-state index contributed by atoms with van der Waals surface area (Å²) in [6, 6.07) is 9.95. The molecule has 5 heteroatoms. The Morgan fingerprint density at radius 3 is 2.61 bits per heavy atom. The van der Waals surface area contributed by atoms with Crippen molar-refractivity contribution >= 4 is 17.5 Å². The van der Waals surface area contributed by atoms with E-state index in [2.05, 4.69) is 25.4 Å². The number of nitrogens with zero attached hydrogens (tertiary/aromatic N) is 4. The van der Waals surface area contributed by atoms with Gasteiger partial charge >= 0.3 is 0 Å². The molecule has 18 heavy (non-hydrogen) atoms. The van der Waals surface area contributed by atoms with E-state index in [0.717, 1.165) is 24.6 Å². The molecule has 0 aliphatic carbocycles. The molecule has 1 fully saturated rings. The topological polar surface area (TPSA) is 53.9 Å². The molecule has 0 amide bonds. The van der Waals surface area contributed by atoms with Gasteiger partial charge in [0.05, 0.1) is 6.20 Å². The zero-order valence-electron chi connectivity index (χ0n) is 10.1. The number of benzene rings is 1. The van der Waals surface area contributed by atoms with Crippen molar-refractivity contribution in [3.05, 3.63) is 36.5 Å². The largest absolute Gasteiger partial charge is 0.339 e. The van der Waals surface area contributed by atoms with E-state index in [4.69, 9.17) is 0 Å². The standard InChI is InChI=1S/C13H15N5/c1-2-6-11(7-3-1)15-12-10-14-17-13(16-12)18-8-4-5-9-18/h1-3,6-7,10H,4-5,8-9H2,(H,15,16,17). The smallest absolute Gasteiger partial charge is 0.247 e. The van der Waals surface area contributed by atoms with E-state index in [0.29, 0.717) is 5.95 Å². The van der Waals surface area contributed by atoms with Crippen molar-refractivity contribution in [2.24, 2.45) is 0 Å². The maximum absolute atomic E-state index is 4.49. The monoisotopic (exact) mass is 241 g/mol. The van der Waals surface area contributed by atoms with E-state index in [1.54, 1.807) is 6.20 Å². The second-order valence-corrected chi connectivity index (χ2v) is 4.33. The molecule has 0 spiro atoms. The first-order valence-electron chi connectivity index (χ1n) is 6.18. The molecule has 92 valence electrons. The first-order valence-corrected chi connectivity index (χ1v) is 6.18. The van der Waals surface area contributed by atoms with Crippen molar-refractivity contribution in [1.29, 1.82) is 0 Å². The van der Waals surface area contributed by atoms with Crippen LogP contribution in [-0.2, 0) is 0 Å². The van der Waals surface area contributed by atoms with Gasteiger partial charge in [-0.1, -0.05) is 18.2 Å². The van der Waals surface area contributed by atoms with Crippen LogP contribution in [0.25, 0.3) is 0 Å². The Balaban J connectivity index is 1.78. The van der Waals surface area contributed by atoms with Gasteiger partial charge in [-0.15, -0.1) is 5.10 Å². The summed E-state index contributed by atoms with van der Waals surface area (Å²) in [6.07, 6.45) is 4.06. The number of anilines is 3. The number of aromatic nitrogens is 3. The van der Waals surface area contributed by atoms with Crippen LogP contribution in [0.2, 0.25) is 0 Å². The van der Waals surface area contributed by atoms with Crippen molar-refractivity contribution in [3.8, 4) is 0 Å². The van der Waals surface area contributed by atoms with Crippen molar-refractivity contribution in [1.82, 2.24) is 15.2 Å². The summed E-state index contributed by atoms with van der Waals surface area (Å²) >= 11 is 0. The van der Waals surface area contributed by atoms with Crippen LogP contribution in [0.1, 0.15) is 12.8 Å². The zero-order chi connectivity index (χ0) is 12.2. The molecule has 2 heterocycles. The van der Waals surface area contributed by atoms with Crippen molar-refractivity contribution in [3.63, 3.8) is 0 Å². The third-order valence-corrected chi connectivity index (χ3v) is 2.98. The summed E-state index contributed by atoms with van der Waals surface area (Å²) in [5, 5.41) is 11.3. The van der Waals surface area contributed by atoms with Crippen molar-refractivity contribution in [2.45, 2.75) is 12.8 Å². The van der Waals surface area contributed by atoms with Gasteiger partial charge in [0.1, 0.15) is 0 Å². The van der Waals surface area contributed by atoms with Gasteiger partial charge in [0.25, 0.3) is 0 Å². The maximum atomic E-state index is 4.49. The quantitative estimate of drug-likeness (QED) is 0.893. The van der Waals surface area contributed by atoms with E-state index in [1.165, 1.54) is 12.8 Å². The van der Waals surface area contributed by atoms with Gasteiger partial charge in [-0.25, -0.2) is 0 Å². The first-order chi connectivity index (χ1) is 8.92.